The summed E-state index contributed by atoms with van der Waals surface area (Å²) >= 11 is 12.3. The number of imidazole rings is 1. The first kappa shape index (κ1) is 13.7. The third kappa shape index (κ3) is 2.36. The quantitative estimate of drug-likeness (QED) is 0.692. The van der Waals surface area contributed by atoms with Crippen molar-refractivity contribution in [3.63, 3.8) is 0 Å². The van der Waals surface area contributed by atoms with Gasteiger partial charge in [-0.25, -0.2) is 4.98 Å². The molecule has 0 fully saturated rings. The van der Waals surface area contributed by atoms with Crippen molar-refractivity contribution in [3.8, 4) is 0 Å². The molecule has 2 nitrogen and oxygen atoms in total. The highest BCUT2D eigenvalue weighted by Gasteiger charge is 2.19. The minimum Gasteiger partial charge on any atom is -0.324 e. The van der Waals surface area contributed by atoms with Crippen LogP contribution in [0.3, 0.4) is 0 Å². The Labute approximate surface area is 118 Å². The third-order valence-corrected chi connectivity index (χ3v) is 3.77. The van der Waals surface area contributed by atoms with Gasteiger partial charge in [-0.1, -0.05) is 25.4 Å². The summed E-state index contributed by atoms with van der Waals surface area (Å²) in [4.78, 5) is 4.64. The van der Waals surface area contributed by atoms with Crippen LogP contribution in [-0.2, 0) is 0 Å². The molecular weight excluding hydrogens is 267 g/mol. The maximum absolute atomic E-state index is 6.26. The van der Waals surface area contributed by atoms with Gasteiger partial charge < -0.3 is 4.57 Å². The van der Waals surface area contributed by atoms with Crippen molar-refractivity contribution in [1.29, 1.82) is 0 Å². The Hall–Kier alpha value is -0.730. The van der Waals surface area contributed by atoms with Gasteiger partial charge in [-0.05, 0) is 38.0 Å². The molecule has 1 unspecified atom stereocenters. The molecule has 4 heteroatoms. The monoisotopic (exact) mass is 284 g/mol. The van der Waals surface area contributed by atoms with Crippen molar-refractivity contribution in [1.82, 2.24) is 9.55 Å². The number of hydrogen-bond acceptors (Lipinski definition) is 1. The molecule has 1 aromatic heterocycles. The van der Waals surface area contributed by atoms with E-state index in [1.165, 1.54) is 0 Å². The first-order chi connectivity index (χ1) is 8.58. The minimum atomic E-state index is -0.100. The highest BCUT2D eigenvalue weighted by atomic mass is 35.5. The van der Waals surface area contributed by atoms with Crippen molar-refractivity contribution in [3.05, 3.63) is 29.0 Å². The van der Waals surface area contributed by atoms with Crippen LogP contribution in [0, 0.1) is 0 Å². The molecule has 0 aliphatic heterocycles. The van der Waals surface area contributed by atoms with E-state index in [0.717, 1.165) is 29.7 Å². The van der Waals surface area contributed by atoms with Crippen LogP contribution in [0.1, 0.15) is 50.9 Å². The average Bonchev–Trinajstić information content (AvgIpc) is 2.70. The van der Waals surface area contributed by atoms with Crippen LogP contribution in [0.4, 0.5) is 0 Å². The second kappa shape index (κ2) is 5.50. The Kier molecular flexibility index (Phi) is 4.18. The summed E-state index contributed by atoms with van der Waals surface area (Å²) in [5.74, 6) is 0.933. The Balaban J connectivity index is 2.69. The van der Waals surface area contributed by atoms with Gasteiger partial charge in [0.25, 0.3) is 0 Å². The second-order valence-electron chi connectivity index (χ2n) is 4.56. The number of rotatable bonds is 4. The molecule has 0 saturated heterocycles. The molecule has 0 aliphatic rings. The van der Waals surface area contributed by atoms with E-state index in [4.69, 9.17) is 23.2 Å². The smallest absolute Gasteiger partial charge is 0.127 e. The van der Waals surface area contributed by atoms with E-state index in [2.05, 4.69) is 23.4 Å². The summed E-state index contributed by atoms with van der Waals surface area (Å²) in [5, 5.41) is 0.613. The van der Waals surface area contributed by atoms with Gasteiger partial charge in [-0.3, -0.25) is 0 Å². The van der Waals surface area contributed by atoms with Crippen LogP contribution in [0.2, 0.25) is 5.02 Å². The molecule has 2 rings (SSSR count). The van der Waals surface area contributed by atoms with E-state index >= 15 is 0 Å². The van der Waals surface area contributed by atoms with Crippen LogP contribution >= 0.6 is 23.2 Å². The highest BCUT2D eigenvalue weighted by Crippen LogP contribution is 2.31. The molecule has 1 atom stereocenters. The van der Waals surface area contributed by atoms with Crippen LogP contribution in [0.25, 0.3) is 11.0 Å². The molecule has 98 valence electrons. The van der Waals surface area contributed by atoms with Crippen LogP contribution in [0.5, 0.6) is 0 Å². The molecule has 0 N–H and O–H groups in total. The van der Waals surface area contributed by atoms with E-state index < -0.39 is 0 Å². The van der Waals surface area contributed by atoms with Crippen molar-refractivity contribution in [2.75, 3.05) is 0 Å². The van der Waals surface area contributed by atoms with E-state index in [0.29, 0.717) is 11.1 Å². The lowest BCUT2D eigenvalue weighted by molar-refractivity contribution is 0.466. The van der Waals surface area contributed by atoms with Gasteiger partial charge in [0.1, 0.15) is 5.82 Å². The minimum absolute atomic E-state index is 0.100. The molecule has 1 aromatic carbocycles. The molecule has 0 radical (unpaired) electrons. The molecule has 2 aromatic rings. The number of alkyl halides is 1. The van der Waals surface area contributed by atoms with Crippen molar-refractivity contribution in [2.45, 2.75) is 45.0 Å². The molecule has 0 saturated carbocycles. The van der Waals surface area contributed by atoms with Crippen LogP contribution in [-0.4, -0.2) is 9.55 Å². The van der Waals surface area contributed by atoms with E-state index in [1.54, 1.807) is 0 Å². The summed E-state index contributed by atoms with van der Waals surface area (Å²) in [7, 11) is 0. The average molecular weight is 285 g/mol. The van der Waals surface area contributed by atoms with Gasteiger partial charge >= 0.3 is 0 Å². The summed E-state index contributed by atoms with van der Waals surface area (Å²) < 4.78 is 2.27. The van der Waals surface area contributed by atoms with Gasteiger partial charge in [0.15, 0.2) is 0 Å². The second-order valence-corrected chi connectivity index (χ2v) is 5.65. The zero-order chi connectivity index (χ0) is 13.3. The van der Waals surface area contributed by atoms with Crippen LogP contribution in [0.15, 0.2) is 18.2 Å². The van der Waals surface area contributed by atoms with E-state index in [9.17, 15) is 0 Å². The molecule has 0 aliphatic carbocycles. The SMILES string of the molecule is CCC(CC)n1c(C(C)Cl)nc2cc(Cl)ccc21. The molecular formula is C14H18Cl2N2. The molecule has 1 heterocycles. The Bertz CT molecular complexity index is 542. The standard InChI is InChI=1S/C14H18Cl2N2/c1-4-11(5-2)18-13-7-6-10(16)8-12(13)17-14(18)9(3)15/h6-9,11H,4-5H2,1-3H3. The summed E-state index contributed by atoms with van der Waals surface area (Å²) in [6, 6.07) is 6.28. The topological polar surface area (TPSA) is 17.8 Å². The zero-order valence-corrected chi connectivity index (χ0v) is 12.5. The van der Waals surface area contributed by atoms with Gasteiger partial charge in [0.2, 0.25) is 0 Å². The fourth-order valence-electron chi connectivity index (χ4n) is 2.41. The molecule has 18 heavy (non-hydrogen) atoms. The Morgan fingerprint density at radius 2 is 1.94 bits per heavy atom. The fourth-order valence-corrected chi connectivity index (χ4v) is 2.73. The number of benzene rings is 1. The zero-order valence-electron chi connectivity index (χ0n) is 11.0. The van der Waals surface area contributed by atoms with Gasteiger partial charge in [0, 0.05) is 11.1 Å². The number of halogens is 2. The number of fused-ring (bicyclic) bond motifs is 1. The number of nitrogens with zero attached hydrogens (tertiary/aromatic N) is 2. The lowest BCUT2D eigenvalue weighted by atomic mass is 10.1. The van der Waals surface area contributed by atoms with Crippen LogP contribution < -0.4 is 0 Å². The summed E-state index contributed by atoms with van der Waals surface area (Å²) in [6.07, 6.45) is 2.14. The summed E-state index contributed by atoms with van der Waals surface area (Å²) in [6.45, 7) is 6.35. The Morgan fingerprint density at radius 1 is 1.28 bits per heavy atom. The highest BCUT2D eigenvalue weighted by molar-refractivity contribution is 6.31. The predicted molar refractivity (Wildman–Crippen MR) is 78.6 cm³/mol. The van der Waals surface area contributed by atoms with Gasteiger partial charge in [0.05, 0.1) is 16.4 Å². The van der Waals surface area contributed by atoms with Crippen molar-refractivity contribution >= 4 is 34.2 Å². The maximum Gasteiger partial charge on any atom is 0.127 e. The third-order valence-electron chi connectivity index (χ3n) is 3.34. The molecule has 0 amide bonds. The van der Waals surface area contributed by atoms with Crippen molar-refractivity contribution < 1.29 is 0 Å². The number of hydrogen-bond donors (Lipinski definition) is 0. The summed E-state index contributed by atoms with van der Waals surface area (Å²) in [5.41, 5.74) is 2.05. The maximum atomic E-state index is 6.26. The van der Waals surface area contributed by atoms with Gasteiger partial charge in [-0.2, -0.15) is 0 Å². The first-order valence-corrected chi connectivity index (χ1v) is 7.21. The lowest BCUT2D eigenvalue weighted by Crippen LogP contribution is -2.11. The first-order valence-electron chi connectivity index (χ1n) is 6.39. The van der Waals surface area contributed by atoms with E-state index in [1.807, 2.05) is 25.1 Å². The predicted octanol–water partition coefficient (Wildman–Crippen LogP) is 5.35. The molecule has 0 bridgehead atoms. The largest absolute Gasteiger partial charge is 0.324 e. The van der Waals surface area contributed by atoms with Crippen molar-refractivity contribution in [2.24, 2.45) is 0 Å². The van der Waals surface area contributed by atoms with E-state index in [-0.39, 0.29) is 5.38 Å². The number of aromatic nitrogens is 2. The van der Waals surface area contributed by atoms with Gasteiger partial charge in [-0.15, -0.1) is 11.6 Å². The lowest BCUT2D eigenvalue weighted by Gasteiger charge is -2.19. The Morgan fingerprint density at radius 3 is 2.50 bits per heavy atom. The normalized spacial score (nSPS) is 13.4. The fraction of sp³-hybridized carbons (Fsp3) is 0.500. The molecule has 0 spiro atoms.